The predicted octanol–water partition coefficient (Wildman–Crippen LogP) is 0.105. The van der Waals surface area contributed by atoms with Crippen molar-refractivity contribution in [3.63, 3.8) is 0 Å². The smallest absolute Gasteiger partial charge is 0.357 e. The third kappa shape index (κ3) is 2.39. The van der Waals surface area contributed by atoms with Crippen LogP contribution in [-0.2, 0) is 10.0 Å². The molecule has 1 heterocycles. The zero-order valence-corrected chi connectivity index (χ0v) is 9.76. The molecule has 1 aromatic heterocycles. The third-order valence-electron chi connectivity index (χ3n) is 1.90. The average molecular weight is 247 g/mol. The number of carboxylic acids is 1. The first-order chi connectivity index (χ1) is 7.40. The van der Waals surface area contributed by atoms with E-state index in [1.165, 1.54) is 6.92 Å². The predicted molar refractivity (Wildman–Crippen MR) is 55.8 cm³/mol. The number of rotatable bonds is 5. The number of nitrogens with one attached hydrogen (secondary N) is 2. The molecule has 16 heavy (non-hydrogen) atoms. The van der Waals surface area contributed by atoms with Crippen LogP contribution in [0.2, 0.25) is 0 Å². The monoisotopic (exact) mass is 247 g/mol. The molecule has 0 aromatic carbocycles. The Morgan fingerprint density at radius 3 is 2.69 bits per heavy atom. The molecule has 0 saturated carbocycles. The molecule has 0 radical (unpaired) electrons. The topological polar surface area (TPSA) is 112 Å². The molecule has 1 aromatic rings. The van der Waals surface area contributed by atoms with Crippen LogP contribution in [0.1, 0.15) is 29.5 Å². The summed E-state index contributed by atoms with van der Waals surface area (Å²) in [6.07, 6.45) is 0.624. The van der Waals surface area contributed by atoms with Crippen LogP contribution in [0.4, 0.5) is 0 Å². The van der Waals surface area contributed by atoms with E-state index in [1.807, 2.05) is 6.92 Å². The standard InChI is InChI=1S/C8H13N3O4S/c1-3-4-9-16(14,15)7-5(2)10-11-6(7)8(12)13/h9H,3-4H2,1-2H3,(H,10,11)(H,12,13). The molecule has 0 fully saturated rings. The lowest BCUT2D eigenvalue weighted by Crippen LogP contribution is -2.26. The fourth-order valence-electron chi connectivity index (χ4n) is 1.20. The van der Waals surface area contributed by atoms with Gasteiger partial charge in [0.25, 0.3) is 0 Å². The number of nitrogens with zero attached hydrogens (tertiary/aromatic N) is 1. The minimum atomic E-state index is -3.81. The van der Waals surface area contributed by atoms with E-state index in [0.717, 1.165) is 0 Å². The van der Waals surface area contributed by atoms with E-state index in [1.54, 1.807) is 0 Å². The van der Waals surface area contributed by atoms with Gasteiger partial charge in [-0.3, -0.25) is 5.10 Å². The molecular weight excluding hydrogens is 234 g/mol. The Kier molecular flexibility index (Phi) is 3.66. The Morgan fingerprint density at radius 1 is 1.56 bits per heavy atom. The normalized spacial score (nSPS) is 11.6. The summed E-state index contributed by atoms with van der Waals surface area (Å²) >= 11 is 0. The van der Waals surface area contributed by atoms with Gasteiger partial charge in [-0.25, -0.2) is 17.9 Å². The SMILES string of the molecule is CCCNS(=O)(=O)c1c(C(=O)O)n[nH]c1C. The van der Waals surface area contributed by atoms with E-state index in [2.05, 4.69) is 14.9 Å². The summed E-state index contributed by atoms with van der Waals surface area (Å²) in [4.78, 5) is 10.5. The molecule has 0 amide bonds. The minimum Gasteiger partial charge on any atom is -0.476 e. The Morgan fingerprint density at radius 2 is 2.19 bits per heavy atom. The van der Waals surface area contributed by atoms with Gasteiger partial charge in [-0.1, -0.05) is 6.92 Å². The van der Waals surface area contributed by atoms with Gasteiger partial charge >= 0.3 is 5.97 Å². The van der Waals surface area contributed by atoms with Gasteiger partial charge < -0.3 is 5.11 Å². The number of sulfonamides is 1. The van der Waals surface area contributed by atoms with Crippen molar-refractivity contribution in [1.29, 1.82) is 0 Å². The molecule has 90 valence electrons. The first-order valence-corrected chi connectivity index (χ1v) is 6.16. The highest BCUT2D eigenvalue weighted by Gasteiger charge is 2.27. The fourth-order valence-corrected chi connectivity index (χ4v) is 2.65. The highest BCUT2D eigenvalue weighted by Crippen LogP contribution is 2.17. The molecule has 0 atom stereocenters. The summed E-state index contributed by atoms with van der Waals surface area (Å²) in [7, 11) is -3.81. The Labute approximate surface area is 92.9 Å². The molecule has 0 bridgehead atoms. The van der Waals surface area contributed by atoms with Crippen LogP contribution in [0.15, 0.2) is 4.90 Å². The van der Waals surface area contributed by atoms with Gasteiger partial charge in [0.2, 0.25) is 10.0 Å². The Hall–Kier alpha value is -1.41. The lowest BCUT2D eigenvalue weighted by molar-refractivity contribution is 0.0686. The van der Waals surface area contributed by atoms with Crippen LogP contribution < -0.4 is 4.72 Å². The molecule has 7 nitrogen and oxygen atoms in total. The van der Waals surface area contributed by atoms with Crippen molar-refractivity contribution in [2.45, 2.75) is 25.2 Å². The number of carbonyl (C=O) groups is 1. The van der Waals surface area contributed by atoms with Gasteiger partial charge in [0.05, 0.1) is 5.69 Å². The van der Waals surface area contributed by atoms with Crippen molar-refractivity contribution in [3.05, 3.63) is 11.4 Å². The van der Waals surface area contributed by atoms with Crippen molar-refractivity contribution in [1.82, 2.24) is 14.9 Å². The van der Waals surface area contributed by atoms with E-state index in [0.29, 0.717) is 6.42 Å². The Bertz CT molecular complexity index is 491. The number of aromatic amines is 1. The van der Waals surface area contributed by atoms with E-state index < -0.39 is 21.7 Å². The molecule has 0 aliphatic heterocycles. The van der Waals surface area contributed by atoms with Gasteiger partial charge in [-0.2, -0.15) is 5.10 Å². The zero-order chi connectivity index (χ0) is 12.3. The third-order valence-corrected chi connectivity index (χ3v) is 3.53. The van der Waals surface area contributed by atoms with Gasteiger partial charge in [0.15, 0.2) is 5.69 Å². The summed E-state index contributed by atoms with van der Waals surface area (Å²) in [5.41, 5.74) is -0.276. The van der Waals surface area contributed by atoms with Crippen LogP contribution >= 0.6 is 0 Å². The highest BCUT2D eigenvalue weighted by atomic mass is 32.2. The number of carboxylic acid groups (broad SMARTS) is 1. The van der Waals surface area contributed by atoms with Crippen molar-refractivity contribution in [2.24, 2.45) is 0 Å². The summed E-state index contributed by atoms with van der Waals surface area (Å²) < 4.78 is 25.8. The second kappa shape index (κ2) is 4.62. The average Bonchev–Trinajstić information content (AvgIpc) is 2.58. The second-order valence-electron chi connectivity index (χ2n) is 3.23. The summed E-state index contributed by atoms with van der Waals surface area (Å²) in [6.45, 7) is 3.52. The van der Waals surface area contributed by atoms with Gasteiger partial charge in [0, 0.05) is 6.54 Å². The van der Waals surface area contributed by atoms with Crippen LogP contribution in [0.25, 0.3) is 0 Å². The van der Waals surface area contributed by atoms with E-state index in [-0.39, 0.29) is 17.1 Å². The van der Waals surface area contributed by atoms with Gasteiger partial charge in [-0.05, 0) is 13.3 Å². The van der Waals surface area contributed by atoms with Crippen LogP contribution in [0, 0.1) is 6.92 Å². The first kappa shape index (κ1) is 12.7. The van der Waals surface area contributed by atoms with Crippen LogP contribution in [-0.4, -0.2) is 36.2 Å². The van der Waals surface area contributed by atoms with Gasteiger partial charge in [0.1, 0.15) is 4.90 Å². The largest absolute Gasteiger partial charge is 0.476 e. The van der Waals surface area contributed by atoms with Gasteiger partial charge in [-0.15, -0.1) is 0 Å². The molecule has 0 saturated heterocycles. The Balaban J connectivity index is 3.21. The number of hydrogen-bond acceptors (Lipinski definition) is 4. The number of hydrogen-bond donors (Lipinski definition) is 3. The van der Waals surface area contributed by atoms with Crippen molar-refractivity contribution in [2.75, 3.05) is 6.54 Å². The van der Waals surface area contributed by atoms with E-state index in [4.69, 9.17) is 5.11 Å². The molecule has 0 spiro atoms. The maximum absolute atomic E-state index is 11.8. The zero-order valence-electron chi connectivity index (χ0n) is 8.94. The number of aryl methyl sites for hydroxylation is 1. The van der Waals surface area contributed by atoms with E-state index in [9.17, 15) is 13.2 Å². The summed E-state index contributed by atoms with van der Waals surface area (Å²) in [5, 5.41) is 14.6. The van der Waals surface area contributed by atoms with E-state index >= 15 is 0 Å². The maximum atomic E-state index is 11.8. The maximum Gasteiger partial charge on any atom is 0.357 e. The number of aromatic carboxylic acids is 1. The number of H-pyrrole nitrogens is 1. The minimum absolute atomic E-state index is 0.209. The molecule has 1 rings (SSSR count). The molecule has 0 aliphatic rings. The van der Waals surface area contributed by atoms with Crippen molar-refractivity contribution >= 4 is 16.0 Å². The fraction of sp³-hybridized carbons (Fsp3) is 0.500. The molecule has 0 unspecified atom stereocenters. The van der Waals surface area contributed by atoms with Crippen LogP contribution in [0.3, 0.4) is 0 Å². The molecule has 3 N–H and O–H groups in total. The molecule has 8 heteroatoms. The quantitative estimate of drug-likeness (QED) is 0.683. The lowest BCUT2D eigenvalue weighted by atomic mass is 10.4. The molecule has 0 aliphatic carbocycles. The second-order valence-corrected chi connectivity index (χ2v) is 4.93. The van der Waals surface area contributed by atoms with Crippen LogP contribution in [0.5, 0.6) is 0 Å². The molecular formula is C8H13N3O4S. The van der Waals surface area contributed by atoms with Crippen molar-refractivity contribution < 1.29 is 18.3 Å². The lowest BCUT2D eigenvalue weighted by Gasteiger charge is -2.04. The first-order valence-electron chi connectivity index (χ1n) is 4.68. The van der Waals surface area contributed by atoms with Crippen molar-refractivity contribution in [3.8, 4) is 0 Å². The summed E-state index contributed by atoms with van der Waals surface area (Å²) in [6, 6.07) is 0. The highest BCUT2D eigenvalue weighted by molar-refractivity contribution is 7.89. The summed E-state index contributed by atoms with van der Waals surface area (Å²) in [5.74, 6) is -1.37. The number of aromatic nitrogens is 2.